The zero-order chi connectivity index (χ0) is 40.0. The van der Waals surface area contributed by atoms with Gasteiger partial charge < -0.3 is 8.98 Å². The predicted molar refractivity (Wildman–Crippen MR) is 250 cm³/mol. The first-order valence-electron chi connectivity index (χ1n) is 20.5. The van der Waals surface area contributed by atoms with E-state index in [1.165, 1.54) is 10.8 Å². The van der Waals surface area contributed by atoms with Crippen molar-refractivity contribution in [3.05, 3.63) is 200 Å². The van der Waals surface area contributed by atoms with Crippen molar-refractivity contribution in [3.8, 4) is 45.5 Å². The Morgan fingerprint density at radius 2 is 0.902 bits per heavy atom. The van der Waals surface area contributed by atoms with Crippen LogP contribution in [0.1, 0.15) is 0 Å². The van der Waals surface area contributed by atoms with Crippen molar-refractivity contribution in [2.45, 2.75) is 0 Å². The average molecular weight is 780 g/mol. The summed E-state index contributed by atoms with van der Waals surface area (Å²) in [5.74, 6) is 1.77. The highest BCUT2D eigenvalue weighted by Crippen LogP contribution is 2.45. The van der Waals surface area contributed by atoms with Gasteiger partial charge in [0.15, 0.2) is 11.6 Å². The Labute approximate surface area is 349 Å². The maximum atomic E-state index is 6.78. The molecule has 0 atom stereocenters. The zero-order valence-electron chi connectivity index (χ0n) is 32.7. The van der Waals surface area contributed by atoms with E-state index < -0.39 is 0 Å². The molecule has 13 aromatic rings. The van der Waals surface area contributed by atoms with Gasteiger partial charge in [0.2, 0.25) is 5.95 Å². The van der Waals surface area contributed by atoms with Gasteiger partial charge in [-0.25, -0.2) is 4.98 Å². The average Bonchev–Trinajstić information content (AvgIpc) is 3.99. The van der Waals surface area contributed by atoms with Crippen molar-refractivity contribution in [3.63, 3.8) is 0 Å². The number of rotatable bonds is 5. The van der Waals surface area contributed by atoms with Gasteiger partial charge in [0.05, 0.1) is 22.1 Å². The molecule has 4 heterocycles. The number of aromatic nitrogens is 5. The van der Waals surface area contributed by atoms with E-state index in [0.717, 1.165) is 93.5 Å². The number of fused-ring (bicyclic) bond motifs is 11. The predicted octanol–water partition coefficient (Wildman–Crippen LogP) is 14.1. The smallest absolute Gasteiger partial charge is 0.238 e. The van der Waals surface area contributed by atoms with Gasteiger partial charge in [-0.05, 0) is 46.7 Å². The largest absolute Gasteiger partial charge is 0.455 e. The van der Waals surface area contributed by atoms with Gasteiger partial charge in [-0.1, -0.05) is 170 Å². The van der Waals surface area contributed by atoms with Crippen molar-refractivity contribution >= 4 is 76.3 Å². The monoisotopic (exact) mass is 779 g/mol. The molecule has 0 saturated heterocycles. The lowest BCUT2D eigenvalue weighted by Crippen LogP contribution is -2.07. The normalized spacial score (nSPS) is 11.9. The molecule has 0 aliphatic carbocycles. The molecular formula is C55H33N5O. The zero-order valence-corrected chi connectivity index (χ0v) is 32.7. The van der Waals surface area contributed by atoms with Crippen molar-refractivity contribution < 1.29 is 4.42 Å². The lowest BCUT2D eigenvalue weighted by molar-refractivity contribution is 0.670. The fraction of sp³-hybridized carbons (Fsp3) is 0. The minimum Gasteiger partial charge on any atom is -0.455 e. The Morgan fingerprint density at radius 1 is 0.361 bits per heavy atom. The topological polar surface area (TPSA) is 61.7 Å². The first kappa shape index (κ1) is 33.6. The summed E-state index contributed by atoms with van der Waals surface area (Å²) in [5.41, 5.74) is 11.0. The van der Waals surface area contributed by atoms with Gasteiger partial charge >= 0.3 is 0 Å². The molecule has 0 amide bonds. The van der Waals surface area contributed by atoms with E-state index in [4.69, 9.17) is 19.4 Å². The summed E-state index contributed by atoms with van der Waals surface area (Å²) in [7, 11) is 0. The Morgan fingerprint density at radius 3 is 1.59 bits per heavy atom. The lowest BCUT2D eigenvalue weighted by atomic mass is 9.96. The number of hydrogen-bond acceptors (Lipinski definition) is 4. The maximum absolute atomic E-state index is 6.78. The molecule has 13 rings (SSSR count). The van der Waals surface area contributed by atoms with Crippen molar-refractivity contribution in [1.29, 1.82) is 0 Å². The maximum Gasteiger partial charge on any atom is 0.238 e. The number of benzene rings is 9. The van der Waals surface area contributed by atoms with Crippen LogP contribution in [0.4, 0.5) is 0 Å². The summed E-state index contributed by atoms with van der Waals surface area (Å²) in [5, 5.41) is 9.01. The molecule has 0 N–H and O–H groups in total. The lowest BCUT2D eigenvalue weighted by Gasteiger charge is -2.15. The Kier molecular flexibility index (Phi) is 7.21. The molecule has 4 aromatic heterocycles. The molecule has 0 bridgehead atoms. The van der Waals surface area contributed by atoms with Crippen LogP contribution in [-0.2, 0) is 0 Å². The van der Waals surface area contributed by atoms with Crippen LogP contribution >= 0.6 is 0 Å². The second-order valence-electron chi connectivity index (χ2n) is 15.6. The molecule has 61 heavy (non-hydrogen) atoms. The highest BCUT2D eigenvalue weighted by atomic mass is 16.3. The van der Waals surface area contributed by atoms with E-state index in [1.807, 2.05) is 42.5 Å². The highest BCUT2D eigenvalue weighted by molar-refractivity contribution is 6.24. The summed E-state index contributed by atoms with van der Waals surface area (Å²) in [4.78, 5) is 15.7. The third kappa shape index (κ3) is 5.06. The van der Waals surface area contributed by atoms with Crippen LogP contribution in [0.25, 0.3) is 122 Å². The molecule has 6 nitrogen and oxygen atoms in total. The van der Waals surface area contributed by atoms with E-state index in [1.54, 1.807) is 0 Å². The van der Waals surface area contributed by atoms with Crippen LogP contribution in [0.2, 0.25) is 0 Å². The van der Waals surface area contributed by atoms with E-state index in [9.17, 15) is 0 Å². The van der Waals surface area contributed by atoms with Crippen LogP contribution in [0.15, 0.2) is 205 Å². The summed E-state index contributed by atoms with van der Waals surface area (Å²) in [6.07, 6.45) is 0. The molecule has 0 saturated carbocycles. The Balaban J connectivity index is 1.20. The molecule has 0 aliphatic heterocycles. The van der Waals surface area contributed by atoms with Crippen LogP contribution in [0.3, 0.4) is 0 Å². The molecule has 0 spiro atoms. The molecule has 0 aliphatic rings. The first-order valence-corrected chi connectivity index (χ1v) is 20.5. The van der Waals surface area contributed by atoms with Gasteiger partial charge in [0.1, 0.15) is 11.2 Å². The Hall–Kier alpha value is -8.35. The number of furan rings is 1. The fourth-order valence-electron chi connectivity index (χ4n) is 9.48. The molecule has 0 unspecified atom stereocenters. The van der Waals surface area contributed by atoms with Crippen LogP contribution < -0.4 is 0 Å². The summed E-state index contributed by atoms with van der Waals surface area (Å²) < 4.78 is 11.5. The highest BCUT2D eigenvalue weighted by Gasteiger charge is 2.25. The van der Waals surface area contributed by atoms with Gasteiger partial charge in [-0.15, -0.1) is 0 Å². The third-order valence-corrected chi connectivity index (χ3v) is 12.2. The minimum atomic E-state index is 0.552. The molecule has 0 fully saturated rings. The van der Waals surface area contributed by atoms with Gasteiger partial charge in [0, 0.05) is 54.7 Å². The quantitative estimate of drug-likeness (QED) is 0.175. The van der Waals surface area contributed by atoms with E-state index in [2.05, 4.69) is 167 Å². The fourth-order valence-corrected chi connectivity index (χ4v) is 9.48. The minimum absolute atomic E-state index is 0.552. The van der Waals surface area contributed by atoms with Crippen molar-refractivity contribution in [2.75, 3.05) is 0 Å². The first-order chi connectivity index (χ1) is 30.3. The third-order valence-electron chi connectivity index (χ3n) is 12.2. The molecule has 0 radical (unpaired) electrons. The molecular weight excluding hydrogens is 747 g/mol. The van der Waals surface area contributed by atoms with Crippen molar-refractivity contribution in [1.82, 2.24) is 24.1 Å². The number of para-hydroxylation sites is 3. The second kappa shape index (κ2) is 13.1. The number of nitrogens with zero attached hydrogens (tertiary/aromatic N) is 5. The Bertz CT molecular complexity index is 3820. The number of hydrogen-bond donors (Lipinski definition) is 0. The van der Waals surface area contributed by atoms with Gasteiger partial charge in [0.25, 0.3) is 0 Å². The van der Waals surface area contributed by atoms with E-state index in [0.29, 0.717) is 17.6 Å². The van der Waals surface area contributed by atoms with E-state index in [-0.39, 0.29) is 0 Å². The van der Waals surface area contributed by atoms with Gasteiger partial charge in [-0.2, -0.15) is 9.97 Å². The standard InChI is InChI=1S/C55H33N5O/c1-3-17-35(18-4-1)53-56-54(36-19-5-2-6-20-36)58-55(57-53)60-48-28-13-10-24-41(48)44-31-30-43-40-23-9-12-27-47(40)59(50(43)51(44)60)37-32-45(39-26-15-21-34-16-7-8-22-38(34)39)52-46(33-37)42-25-11-14-29-49(42)61-52/h1-33H. The van der Waals surface area contributed by atoms with E-state index >= 15 is 0 Å². The summed E-state index contributed by atoms with van der Waals surface area (Å²) in [6.45, 7) is 0. The summed E-state index contributed by atoms with van der Waals surface area (Å²) >= 11 is 0. The van der Waals surface area contributed by atoms with Crippen LogP contribution in [0, 0.1) is 0 Å². The molecule has 6 heteroatoms. The summed E-state index contributed by atoms with van der Waals surface area (Å²) in [6, 6.07) is 70.3. The van der Waals surface area contributed by atoms with Crippen LogP contribution in [-0.4, -0.2) is 24.1 Å². The van der Waals surface area contributed by atoms with Crippen molar-refractivity contribution in [2.24, 2.45) is 0 Å². The van der Waals surface area contributed by atoms with Crippen LogP contribution in [0.5, 0.6) is 0 Å². The van der Waals surface area contributed by atoms with Gasteiger partial charge in [-0.3, -0.25) is 4.57 Å². The SMILES string of the molecule is c1ccc(-c2nc(-c3ccccc3)nc(-n3c4ccccc4c4ccc5c6ccccc6n(-c6cc(-c7cccc8ccccc78)c7oc8ccccc8c7c6)c5c43)n2)cc1. The molecule has 284 valence electrons. The molecule has 9 aromatic carbocycles. The second-order valence-corrected chi connectivity index (χ2v) is 15.6.